The Labute approximate surface area is 71.6 Å². The minimum atomic E-state index is -1.52. The maximum Gasteiger partial charge on any atom is 0.526 e. The molecule has 0 saturated carbocycles. The Morgan fingerprint density at radius 2 is 2.17 bits per heavy atom. The van der Waals surface area contributed by atoms with E-state index in [1.54, 1.807) is 12.1 Å². The molecule has 0 aromatic carbocycles. The SMILES string of the molecule is CCN(C)c1ccc(B(O)O)o1. The van der Waals surface area contributed by atoms with Gasteiger partial charge in [0.2, 0.25) is 0 Å². The van der Waals surface area contributed by atoms with Gasteiger partial charge in [-0.25, -0.2) is 0 Å². The fourth-order valence-electron chi connectivity index (χ4n) is 0.842. The number of anilines is 1. The normalized spacial score (nSPS) is 10.0. The number of furan rings is 1. The third-order valence-electron chi connectivity index (χ3n) is 1.72. The van der Waals surface area contributed by atoms with Crippen LogP contribution in [0.5, 0.6) is 0 Å². The molecule has 66 valence electrons. The van der Waals surface area contributed by atoms with Crippen LogP contribution in [0.3, 0.4) is 0 Å². The molecule has 0 fully saturated rings. The van der Waals surface area contributed by atoms with Gasteiger partial charge >= 0.3 is 7.12 Å². The predicted octanol–water partition coefficient (Wildman–Crippen LogP) is -0.584. The highest BCUT2D eigenvalue weighted by Crippen LogP contribution is 2.10. The lowest BCUT2D eigenvalue weighted by molar-refractivity contribution is 0.409. The van der Waals surface area contributed by atoms with Crippen LogP contribution < -0.4 is 10.6 Å². The number of hydrogen-bond donors (Lipinski definition) is 2. The van der Waals surface area contributed by atoms with Gasteiger partial charge in [0.05, 0.1) is 0 Å². The van der Waals surface area contributed by atoms with Crippen LogP contribution in [0.4, 0.5) is 5.88 Å². The monoisotopic (exact) mass is 169 g/mol. The van der Waals surface area contributed by atoms with E-state index in [4.69, 9.17) is 14.5 Å². The van der Waals surface area contributed by atoms with E-state index in [0.717, 1.165) is 6.54 Å². The molecule has 0 aliphatic carbocycles. The maximum absolute atomic E-state index is 8.73. The van der Waals surface area contributed by atoms with Gasteiger partial charge in [0, 0.05) is 19.7 Å². The fraction of sp³-hybridized carbons (Fsp3) is 0.429. The van der Waals surface area contributed by atoms with Crippen LogP contribution in [0.1, 0.15) is 6.92 Å². The molecule has 2 N–H and O–H groups in total. The van der Waals surface area contributed by atoms with E-state index in [1.807, 2.05) is 18.9 Å². The third kappa shape index (κ3) is 1.81. The van der Waals surface area contributed by atoms with Gasteiger partial charge in [-0.1, -0.05) is 0 Å². The van der Waals surface area contributed by atoms with Gasteiger partial charge in [-0.05, 0) is 13.0 Å². The van der Waals surface area contributed by atoms with Gasteiger partial charge in [0.1, 0.15) is 5.66 Å². The molecule has 0 aliphatic rings. The zero-order valence-electron chi connectivity index (χ0n) is 7.19. The van der Waals surface area contributed by atoms with Gasteiger partial charge in [0.25, 0.3) is 0 Å². The summed E-state index contributed by atoms with van der Waals surface area (Å²) in [5.74, 6) is 0.639. The molecule has 0 radical (unpaired) electrons. The molecule has 0 atom stereocenters. The van der Waals surface area contributed by atoms with Gasteiger partial charge in [-0.2, -0.15) is 0 Å². The molecule has 0 amide bonds. The van der Waals surface area contributed by atoms with Crippen molar-refractivity contribution < 1.29 is 14.5 Å². The van der Waals surface area contributed by atoms with Crippen LogP contribution in [0.15, 0.2) is 16.5 Å². The summed E-state index contributed by atoms with van der Waals surface area (Å²) in [4.78, 5) is 1.87. The predicted molar refractivity (Wildman–Crippen MR) is 47.5 cm³/mol. The molecule has 0 bridgehead atoms. The molecule has 0 aliphatic heterocycles. The first-order valence-corrected chi connectivity index (χ1v) is 3.82. The average Bonchev–Trinajstić information content (AvgIpc) is 2.51. The molecule has 0 saturated heterocycles. The summed E-state index contributed by atoms with van der Waals surface area (Å²) in [6.07, 6.45) is 0. The van der Waals surface area contributed by atoms with E-state index < -0.39 is 7.12 Å². The van der Waals surface area contributed by atoms with E-state index in [9.17, 15) is 0 Å². The largest absolute Gasteiger partial charge is 0.526 e. The van der Waals surface area contributed by atoms with Crippen molar-refractivity contribution in [2.45, 2.75) is 6.92 Å². The van der Waals surface area contributed by atoms with Gasteiger partial charge < -0.3 is 19.4 Å². The van der Waals surface area contributed by atoms with E-state index in [1.165, 1.54) is 0 Å². The maximum atomic E-state index is 8.73. The lowest BCUT2D eigenvalue weighted by Gasteiger charge is -2.11. The summed E-state index contributed by atoms with van der Waals surface area (Å²) in [7, 11) is 0.343. The standard InChI is InChI=1S/C7H12BNO3/c1-3-9(2)7-5-4-6(12-7)8(10)11/h4-5,10-11H,3H2,1-2H3. The summed E-state index contributed by atoms with van der Waals surface area (Å²) in [5.41, 5.74) is 0.172. The second kappa shape index (κ2) is 3.64. The van der Waals surface area contributed by atoms with E-state index in [0.29, 0.717) is 5.88 Å². The van der Waals surface area contributed by atoms with E-state index >= 15 is 0 Å². The average molecular weight is 169 g/mol. The minimum Gasteiger partial charge on any atom is -0.449 e. The zero-order valence-corrected chi connectivity index (χ0v) is 7.19. The first kappa shape index (κ1) is 9.16. The van der Waals surface area contributed by atoms with Crippen molar-refractivity contribution in [3.8, 4) is 0 Å². The smallest absolute Gasteiger partial charge is 0.449 e. The molecule has 1 heterocycles. The van der Waals surface area contributed by atoms with Crippen molar-refractivity contribution in [2.24, 2.45) is 0 Å². The Kier molecular flexibility index (Phi) is 2.78. The van der Waals surface area contributed by atoms with Crippen molar-refractivity contribution in [3.05, 3.63) is 12.1 Å². The number of hydrogen-bond acceptors (Lipinski definition) is 4. The summed E-state index contributed by atoms with van der Waals surface area (Å²) in [5, 5.41) is 17.5. The van der Waals surface area contributed by atoms with Gasteiger partial charge in [0.15, 0.2) is 5.88 Å². The topological polar surface area (TPSA) is 56.8 Å². The first-order chi connectivity index (χ1) is 5.65. The first-order valence-electron chi connectivity index (χ1n) is 3.82. The Bertz CT molecular complexity index is 249. The molecule has 1 rings (SSSR count). The summed E-state index contributed by atoms with van der Waals surface area (Å²) in [6, 6.07) is 3.25. The van der Waals surface area contributed by atoms with Crippen molar-refractivity contribution in [1.82, 2.24) is 0 Å². The van der Waals surface area contributed by atoms with Gasteiger partial charge in [-0.15, -0.1) is 0 Å². The highest BCUT2D eigenvalue weighted by molar-refractivity contribution is 6.57. The summed E-state index contributed by atoms with van der Waals surface area (Å²) < 4.78 is 5.12. The van der Waals surface area contributed by atoms with Crippen LogP contribution in [-0.2, 0) is 0 Å². The molecule has 12 heavy (non-hydrogen) atoms. The Morgan fingerprint density at radius 3 is 2.58 bits per heavy atom. The van der Waals surface area contributed by atoms with Crippen LogP contribution in [0, 0.1) is 0 Å². The quantitative estimate of drug-likeness (QED) is 0.594. The lowest BCUT2D eigenvalue weighted by Crippen LogP contribution is -2.28. The van der Waals surface area contributed by atoms with Crippen LogP contribution >= 0.6 is 0 Å². The molecular formula is C7H12BNO3. The summed E-state index contributed by atoms with van der Waals surface area (Å²) in [6.45, 7) is 2.80. The Morgan fingerprint density at radius 1 is 1.50 bits per heavy atom. The molecular weight excluding hydrogens is 157 g/mol. The molecule has 0 unspecified atom stereocenters. The van der Waals surface area contributed by atoms with Crippen molar-refractivity contribution in [1.29, 1.82) is 0 Å². The third-order valence-corrected chi connectivity index (χ3v) is 1.72. The van der Waals surface area contributed by atoms with Crippen molar-refractivity contribution in [2.75, 3.05) is 18.5 Å². The van der Waals surface area contributed by atoms with E-state index in [2.05, 4.69) is 0 Å². The molecule has 5 heteroatoms. The Balaban J connectivity index is 2.77. The molecule has 1 aromatic rings. The van der Waals surface area contributed by atoms with E-state index in [-0.39, 0.29) is 5.66 Å². The van der Waals surface area contributed by atoms with Crippen LogP contribution in [0.2, 0.25) is 0 Å². The van der Waals surface area contributed by atoms with Crippen molar-refractivity contribution in [3.63, 3.8) is 0 Å². The Hall–Kier alpha value is -0.935. The van der Waals surface area contributed by atoms with Gasteiger partial charge in [-0.3, -0.25) is 0 Å². The second-order valence-electron chi connectivity index (χ2n) is 2.56. The molecule has 0 spiro atoms. The lowest BCUT2D eigenvalue weighted by atomic mass is 9.88. The highest BCUT2D eigenvalue weighted by atomic mass is 16.4. The number of nitrogens with zero attached hydrogens (tertiary/aromatic N) is 1. The molecule has 1 aromatic heterocycles. The van der Waals surface area contributed by atoms with Crippen LogP contribution in [0.25, 0.3) is 0 Å². The second-order valence-corrected chi connectivity index (χ2v) is 2.56. The minimum absolute atomic E-state index is 0.172. The highest BCUT2D eigenvalue weighted by Gasteiger charge is 2.16. The fourth-order valence-corrected chi connectivity index (χ4v) is 0.842. The van der Waals surface area contributed by atoms with Crippen molar-refractivity contribution >= 4 is 18.7 Å². The zero-order chi connectivity index (χ0) is 9.14. The van der Waals surface area contributed by atoms with Crippen LogP contribution in [-0.4, -0.2) is 30.8 Å². The summed E-state index contributed by atoms with van der Waals surface area (Å²) >= 11 is 0. The number of rotatable bonds is 3. The molecule has 4 nitrogen and oxygen atoms in total.